The Balaban J connectivity index is 1.45. The molecule has 5 atom stereocenters. The maximum Gasteiger partial charge on any atom is 0.291 e. The van der Waals surface area contributed by atoms with Crippen LogP contribution >= 0.6 is 0 Å². The smallest absolute Gasteiger partial charge is 0.291 e. The van der Waals surface area contributed by atoms with Crippen molar-refractivity contribution in [2.24, 2.45) is 11.8 Å². The third-order valence-corrected chi connectivity index (χ3v) is 8.13. The van der Waals surface area contributed by atoms with Crippen molar-refractivity contribution in [3.05, 3.63) is 72.3 Å². The number of para-hydroxylation sites is 1. The Morgan fingerprint density at radius 1 is 0.906 bits per heavy atom. The van der Waals surface area contributed by atoms with E-state index in [0.29, 0.717) is 5.69 Å². The summed E-state index contributed by atoms with van der Waals surface area (Å²) < 4.78 is 0. The Labute approximate surface area is 184 Å². The summed E-state index contributed by atoms with van der Waals surface area (Å²) in [5.41, 5.74) is 1.21. The van der Waals surface area contributed by atoms with Crippen LogP contribution in [0.1, 0.15) is 18.4 Å². The molecule has 3 fully saturated rings. The van der Waals surface area contributed by atoms with Crippen molar-refractivity contribution in [1.82, 2.24) is 0 Å². The second kappa shape index (κ2) is 6.04. The van der Waals surface area contributed by atoms with Crippen LogP contribution in [-0.2, 0) is 19.9 Å². The predicted molar refractivity (Wildman–Crippen MR) is 119 cm³/mol. The van der Waals surface area contributed by atoms with Crippen molar-refractivity contribution in [1.29, 1.82) is 0 Å². The van der Waals surface area contributed by atoms with Gasteiger partial charge < -0.3 is 10.2 Å². The summed E-state index contributed by atoms with van der Waals surface area (Å²) in [5.74, 6) is -1.71. The first kappa shape index (κ1) is 18.1. The van der Waals surface area contributed by atoms with E-state index in [1.54, 1.807) is 0 Å². The molecule has 158 valence electrons. The fourth-order valence-corrected chi connectivity index (χ4v) is 7.06. The Morgan fingerprint density at radius 2 is 1.69 bits per heavy atom. The highest BCUT2D eigenvalue weighted by atomic mass is 16.2. The zero-order chi connectivity index (χ0) is 21.6. The third-order valence-electron chi connectivity index (χ3n) is 8.13. The number of nitrogens with zero attached hydrogens (tertiary/aromatic N) is 1. The minimum atomic E-state index is -1.03. The molecule has 3 aromatic rings. The number of hydrogen-bond acceptors (Lipinski definition) is 3. The molecule has 3 saturated heterocycles. The van der Waals surface area contributed by atoms with Crippen LogP contribution in [-0.4, -0.2) is 30.3 Å². The third kappa shape index (κ3) is 1.93. The van der Waals surface area contributed by atoms with Crippen molar-refractivity contribution < 1.29 is 19.3 Å². The lowest BCUT2D eigenvalue weighted by atomic mass is 9.75. The minimum Gasteiger partial charge on any atom is -0.320 e. The lowest BCUT2D eigenvalue weighted by Gasteiger charge is -2.33. The minimum absolute atomic E-state index is 0.0201. The maximum absolute atomic E-state index is 14.1. The number of imide groups is 1. The van der Waals surface area contributed by atoms with Crippen LogP contribution in [0.2, 0.25) is 0 Å². The van der Waals surface area contributed by atoms with Crippen molar-refractivity contribution in [3.63, 3.8) is 0 Å². The molecule has 32 heavy (non-hydrogen) atoms. The van der Waals surface area contributed by atoms with Crippen molar-refractivity contribution in [2.45, 2.75) is 24.4 Å². The van der Waals surface area contributed by atoms with Gasteiger partial charge >= 0.3 is 0 Å². The fraction of sp³-hybridized carbons (Fsp3) is 0.269. The highest BCUT2D eigenvalue weighted by molar-refractivity contribution is 6.27. The van der Waals surface area contributed by atoms with Gasteiger partial charge in [0.25, 0.3) is 5.91 Å². The summed E-state index contributed by atoms with van der Waals surface area (Å²) in [5, 5.41) is 4.89. The zero-order valence-electron chi connectivity index (χ0n) is 17.4. The summed E-state index contributed by atoms with van der Waals surface area (Å²) >= 11 is 0. The number of carbonyl (C=O) groups excluding carboxylic acids is 3. The Kier molecular flexibility index (Phi) is 3.42. The predicted octanol–water partition coefficient (Wildman–Crippen LogP) is 1.85. The summed E-state index contributed by atoms with van der Waals surface area (Å²) in [4.78, 5) is 44.1. The first-order chi connectivity index (χ1) is 15.6. The van der Waals surface area contributed by atoms with Gasteiger partial charge in [-0.05, 0) is 17.5 Å². The molecule has 0 bridgehead atoms. The van der Waals surface area contributed by atoms with Gasteiger partial charge in [0.15, 0.2) is 0 Å². The van der Waals surface area contributed by atoms with Gasteiger partial charge in [-0.2, -0.15) is 0 Å². The van der Waals surface area contributed by atoms with Crippen molar-refractivity contribution in [3.8, 4) is 0 Å². The lowest BCUT2D eigenvalue weighted by Crippen LogP contribution is -3.19. The van der Waals surface area contributed by atoms with Gasteiger partial charge in [-0.15, -0.1) is 0 Å². The molecule has 0 aliphatic carbocycles. The number of quaternary nitrogens is 1. The number of amides is 3. The lowest BCUT2D eigenvalue weighted by molar-refractivity contribution is -0.948. The second-order valence-corrected chi connectivity index (χ2v) is 9.35. The van der Waals surface area contributed by atoms with Crippen LogP contribution in [0.15, 0.2) is 66.7 Å². The normalized spacial score (nSPS) is 32.5. The summed E-state index contributed by atoms with van der Waals surface area (Å²) in [6.07, 6.45) is 1.81. The van der Waals surface area contributed by atoms with Gasteiger partial charge in [-0.1, -0.05) is 54.6 Å². The van der Waals surface area contributed by atoms with Crippen LogP contribution in [0.3, 0.4) is 0 Å². The molecule has 1 spiro atoms. The van der Waals surface area contributed by atoms with Gasteiger partial charge in [0.2, 0.25) is 17.4 Å². The largest absolute Gasteiger partial charge is 0.320 e. The van der Waals surface area contributed by atoms with E-state index >= 15 is 0 Å². The molecule has 2 N–H and O–H groups in total. The quantitative estimate of drug-likeness (QED) is 0.586. The number of rotatable bonds is 1. The molecule has 3 aromatic carbocycles. The maximum atomic E-state index is 14.1. The molecule has 1 unspecified atom stereocenters. The van der Waals surface area contributed by atoms with E-state index in [-0.39, 0.29) is 23.8 Å². The van der Waals surface area contributed by atoms with Crippen LogP contribution in [0.5, 0.6) is 0 Å². The fourth-order valence-electron chi connectivity index (χ4n) is 7.06. The number of benzene rings is 3. The van der Waals surface area contributed by atoms with Gasteiger partial charge in [-0.3, -0.25) is 14.4 Å². The van der Waals surface area contributed by atoms with Gasteiger partial charge in [0.05, 0.1) is 17.9 Å². The number of fused-ring (bicyclic) bond motifs is 8. The summed E-state index contributed by atoms with van der Waals surface area (Å²) in [6.45, 7) is 0.800. The van der Waals surface area contributed by atoms with Crippen LogP contribution in [0, 0.1) is 11.8 Å². The van der Waals surface area contributed by atoms with E-state index in [1.165, 1.54) is 4.90 Å². The van der Waals surface area contributed by atoms with Crippen LogP contribution in [0.4, 0.5) is 11.4 Å². The van der Waals surface area contributed by atoms with Gasteiger partial charge in [0.1, 0.15) is 17.9 Å². The molecule has 0 aromatic heterocycles. The molecule has 4 aliphatic heterocycles. The Morgan fingerprint density at radius 3 is 2.59 bits per heavy atom. The Bertz CT molecular complexity index is 1350. The average molecular weight is 424 g/mol. The van der Waals surface area contributed by atoms with Crippen molar-refractivity contribution in [2.75, 3.05) is 16.8 Å². The van der Waals surface area contributed by atoms with E-state index in [0.717, 1.165) is 46.3 Å². The first-order valence-corrected chi connectivity index (χ1v) is 11.3. The standard InChI is InChI=1S/C26H21N3O3/c30-23-21-20-13-6-14-28(20)26(17-10-3-4-11-18(17)27-25(26)32)22(21)24(31)29(23)19-12-5-8-15-7-1-2-9-16(15)19/h1-5,7-12,20-22H,6,13-14H2,(H,27,32)/p+1/t20-,21+,22-,26-/m1/s1. The van der Waals surface area contributed by atoms with E-state index in [1.807, 2.05) is 66.7 Å². The number of nitrogens with one attached hydrogen (secondary N) is 2. The SMILES string of the molecule is O=C1[C@H]2[C@H]3CCC[NH+]3[C@@]3(C(=O)Nc4ccccc43)[C@H]2C(=O)N1c1cccc2ccccc12. The average Bonchev–Trinajstić information content (AvgIpc) is 3.52. The molecule has 7 rings (SSSR count). The van der Waals surface area contributed by atoms with Gasteiger partial charge in [0, 0.05) is 23.8 Å². The van der Waals surface area contributed by atoms with Crippen molar-refractivity contribution >= 4 is 39.9 Å². The second-order valence-electron chi connectivity index (χ2n) is 9.35. The summed E-state index contributed by atoms with van der Waals surface area (Å²) in [6, 6.07) is 21.1. The van der Waals surface area contributed by atoms with E-state index in [4.69, 9.17) is 0 Å². The molecular weight excluding hydrogens is 402 g/mol. The monoisotopic (exact) mass is 424 g/mol. The summed E-state index contributed by atoms with van der Waals surface area (Å²) in [7, 11) is 0. The molecular formula is C26H22N3O3+. The number of anilines is 2. The molecule has 4 aliphatic rings. The molecule has 3 amide bonds. The number of hydrogen-bond donors (Lipinski definition) is 2. The molecule has 0 radical (unpaired) electrons. The van der Waals surface area contributed by atoms with E-state index < -0.39 is 17.4 Å². The van der Waals surface area contributed by atoms with Crippen LogP contribution in [0.25, 0.3) is 10.8 Å². The molecule has 0 saturated carbocycles. The zero-order valence-corrected chi connectivity index (χ0v) is 17.4. The van der Waals surface area contributed by atoms with Gasteiger partial charge in [-0.25, -0.2) is 4.90 Å². The Hall–Kier alpha value is -3.51. The highest BCUT2D eigenvalue weighted by Crippen LogP contribution is 2.52. The number of carbonyl (C=O) groups is 3. The molecule has 6 nitrogen and oxygen atoms in total. The first-order valence-electron chi connectivity index (χ1n) is 11.3. The van der Waals surface area contributed by atoms with E-state index in [9.17, 15) is 14.4 Å². The molecule has 6 heteroatoms. The highest BCUT2D eigenvalue weighted by Gasteiger charge is 2.78. The molecule has 4 heterocycles. The van der Waals surface area contributed by atoms with E-state index in [2.05, 4.69) is 5.32 Å². The van der Waals surface area contributed by atoms with Crippen LogP contribution < -0.4 is 15.1 Å². The topological polar surface area (TPSA) is 70.9 Å².